The molecule has 1 aromatic carbocycles. The molecular weight excluding hydrogens is 697 g/mol. The van der Waals surface area contributed by atoms with Crippen molar-refractivity contribution in [3.8, 4) is 0 Å². The van der Waals surface area contributed by atoms with Crippen molar-refractivity contribution in [3.63, 3.8) is 0 Å². The van der Waals surface area contributed by atoms with Gasteiger partial charge in [0.05, 0.1) is 39.4 Å². The fourth-order valence-corrected chi connectivity index (χ4v) is 5.29. The van der Waals surface area contributed by atoms with E-state index in [9.17, 15) is 24.3 Å². The van der Waals surface area contributed by atoms with E-state index in [0.29, 0.717) is 6.42 Å². The SMILES string of the molecule is CCCCCCCCO[C@]1(C(=O)OC)C[C@H](OC(C)=O)[C@@H](NC(=O)OCC(Cl)(Cl)Cl)[C@H]([C@H](OC(C)=O)[C@H](O)COCc2ccccc2)O1. The fraction of sp³-hybridized carbons (Fsp3) is 0.688. The zero-order chi connectivity index (χ0) is 35.7. The molecule has 2 rings (SSSR count). The van der Waals surface area contributed by atoms with Gasteiger partial charge in [0, 0.05) is 13.8 Å². The fourth-order valence-electron chi connectivity index (χ4n) is 5.13. The Balaban J connectivity index is 2.49. The van der Waals surface area contributed by atoms with Gasteiger partial charge < -0.3 is 43.6 Å². The molecule has 0 aromatic heterocycles. The highest BCUT2D eigenvalue weighted by Gasteiger charge is 2.59. The number of nitrogens with one attached hydrogen (secondary N) is 1. The van der Waals surface area contributed by atoms with Gasteiger partial charge in [-0.25, -0.2) is 9.59 Å². The summed E-state index contributed by atoms with van der Waals surface area (Å²) < 4.78 is 37.2. The quantitative estimate of drug-likeness (QED) is 0.0852. The van der Waals surface area contributed by atoms with Crippen LogP contribution in [0.3, 0.4) is 0 Å². The number of rotatable bonds is 19. The van der Waals surface area contributed by atoms with Gasteiger partial charge in [-0.15, -0.1) is 0 Å². The van der Waals surface area contributed by atoms with Gasteiger partial charge in [0.15, 0.2) is 6.10 Å². The van der Waals surface area contributed by atoms with Crippen LogP contribution in [0.4, 0.5) is 4.79 Å². The smallest absolute Gasteiger partial charge is 0.407 e. The first-order valence-electron chi connectivity index (χ1n) is 15.8. The third-order valence-electron chi connectivity index (χ3n) is 7.25. The normalized spacial score (nSPS) is 22.2. The number of unbranched alkanes of at least 4 members (excludes halogenated alkanes) is 5. The zero-order valence-electron chi connectivity index (χ0n) is 27.6. The third-order valence-corrected chi connectivity index (χ3v) is 7.58. The van der Waals surface area contributed by atoms with E-state index >= 15 is 0 Å². The summed E-state index contributed by atoms with van der Waals surface area (Å²) in [5.74, 6) is -4.81. The van der Waals surface area contributed by atoms with Crippen molar-refractivity contribution in [3.05, 3.63) is 35.9 Å². The number of carbonyl (C=O) groups is 4. The number of ether oxygens (including phenoxy) is 7. The summed E-state index contributed by atoms with van der Waals surface area (Å²) in [5.41, 5.74) is 0.807. The highest BCUT2D eigenvalue weighted by Crippen LogP contribution is 2.37. The number of esters is 3. The first-order chi connectivity index (χ1) is 22.7. The van der Waals surface area contributed by atoms with Crippen LogP contribution in [0.25, 0.3) is 0 Å². The molecule has 0 aliphatic carbocycles. The van der Waals surface area contributed by atoms with E-state index in [4.69, 9.17) is 68.0 Å². The van der Waals surface area contributed by atoms with Crippen LogP contribution in [0.15, 0.2) is 30.3 Å². The van der Waals surface area contributed by atoms with Crippen molar-refractivity contribution in [1.29, 1.82) is 0 Å². The summed E-state index contributed by atoms with van der Waals surface area (Å²) in [4.78, 5) is 51.0. The second-order valence-corrected chi connectivity index (χ2v) is 13.8. The van der Waals surface area contributed by atoms with Gasteiger partial charge in [-0.2, -0.15) is 0 Å². The first kappa shape index (κ1) is 41.8. The number of hydrogen-bond donors (Lipinski definition) is 2. The highest BCUT2D eigenvalue weighted by atomic mass is 35.6. The largest absolute Gasteiger partial charge is 0.465 e. The number of amides is 1. The lowest BCUT2D eigenvalue weighted by atomic mass is 9.88. The number of alkyl carbamates (subject to hydrolysis) is 1. The van der Waals surface area contributed by atoms with Gasteiger partial charge in [-0.3, -0.25) is 9.59 Å². The van der Waals surface area contributed by atoms with Crippen LogP contribution in [-0.4, -0.2) is 96.1 Å². The molecule has 0 unspecified atom stereocenters. The minimum Gasteiger partial charge on any atom is -0.465 e. The second-order valence-electron chi connectivity index (χ2n) is 11.3. The summed E-state index contributed by atoms with van der Waals surface area (Å²) in [6.45, 7) is 3.44. The van der Waals surface area contributed by atoms with Crippen molar-refractivity contribution in [1.82, 2.24) is 5.32 Å². The van der Waals surface area contributed by atoms with E-state index in [1.807, 2.05) is 30.3 Å². The van der Waals surface area contributed by atoms with Crippen LogP contribution in [0.1, 0.15) is 71.3 Å². The van der Waals surface area contributed by atoms with E-state index in [1.165, 1.54) is 0 Å². The molecule has 0 saturated carbocycles. The van der Waals surface area contributed by atoms with Crippen LogP contribution < -0.4 is 5.32 Å². The Morgan fingerprint density at radius 3 is 2.31 bits per heavy atom. The molecule has 0 spiro atoms. The number of halogens is 3. The second kappa shape index (κ2) is 21.0. The average Bonchev–Trinajstić information content (AvgIpc) is 3.02. The van der Waals surface area contributed by atoms with E-state index in [-0.39, 0.29) is 19.8 Å². The van der Waals surface area contributed by atoms with Gasteiger partial charge in [-0.1, -0.05) is 104 Å². The Labute approximate surface area is 296 Å². The van der Waals surface area contributed by atoms with Gasteiger partial charge in [0.25, 0.3) is 5.79 Å². The molecule has 1 fully saturated rings. The van der Waals surface area contributed by atoms with Crippen LogP contribution >= 0.6 is 34.8 Å². The molecule has 13 nitrogen and oxygen atoms in total. The molecule has 1 amide bonds. The minimum absolute atomic E-state index is 0.0467. The van der Waals surface area contributed by atoms with E-state index in [1.54, 1.807) is 0 Å². The maximum Gasteiger partial charge on any atom is 0.407 e. The molecule has 272 valence electrons. The summed E-state index contributed by atoms with van der Waals surface area (Å²) in [6, 6.07) is 7.70. The first-order valence-corrected chi connectivity index (χ1v) is 16.9. The molecule has 1 heterocycles. The maximum absolute atomic E-state index is 13.4. The van der Waals surface area contributed by atoms with Crippen molar-refractivity contribution in [2.75, 3.05) is 26.9 Å². The van der Waals surface area contributed by atoms with Gasteiger partial charge in [-0.05, 0) is 12.0 Å². The maximum atomic E-state index is 13.4. The molecule has 1 aliphatic heterocycles. The van der Waals surface area contributed by atoms with Crippen LogP contribution in [0.2, 0.25) is 0 Å². The molecule has 0 radical (unpaired) electrons. The van der Waals surface area contributed by atoms with E-state index < -0.39 is 77.1 Å². The molecule has 16 heteroatoms. The lowest BCUT2D eigenvalue weighted by Gasteiger charge is -2.48. The van der Waals surface area contributed by atoms with Crippen LogP contribution in [-0.2, 0) is 54.1 Å². The predicted molar refractivity (Wildman–Crippen MR) is 175 cm³/mol. The topological polar surface area (TPSA) is 165 Å². The number of aliphatic hydroxyl groups excluding tert-OH is 1. The highest BCUT2D eigenvalue weighted by molar-refractivity contribution is 6.67. The monoisotopic (exact) mass is 741 g/mol. The summed E-state index contributed by atoms with van der Waals surface area (Å²) in [6.07, 6.45) is -2.22. The summed E-state index contributed by atoms with van der Waals surface area (Å²) in [7, 11) is 1.12. The number of carbonyl (C=O) groups excluding carboxylic acids is 4. The van der Waals surface area contributed by atoms with E-state index in [0.717, 1.165) is 58.6 Å². The predicted octanol–water partition coefficient (Wildman–Crippen LogP) is 4.93. The lowest BCUT2D eigenvalue weighted by Crippen LogP contribution is -2.69. The van der Waals surface area contributed by atoms with Crippen molar-refractivity contribution in [2.45, 2.75) is 112 Å². The number of alkyl halides is 3. The minimum atomic E-state index is -2.20. The molecular formula is C32H46Cl3NO12. The number of aliphatic hydroxyl groups is 1. The molecule has 1 saturated heterocycles. The molecule has 1 aliphatic rings. The molecule has 1 aromatic rings. The molecule has 6 atom stereocenters. The van der Waals surface area contributed by atoms with Gasteiger partial charge in [0.1, 0.15) is 24.9 Å². The van der Waals surface area contributed by atoms with Gasteiger partial charge >= 0.3 is 24.0 Å². The lowest BCUT2D eigenvalue weighted by molar-refractivity contribution is -0.314. The van der Waals surface area contributed by atoms with Crippen molar-refractivity contribution < 1.29 is 57.4 Å². The number of hydrogen-bond acceptors (Lipinski definition) is 12. The average molecular weight is 743 g/mol. The Kier molecular flexibility index (Phi) is 18.3. The number of methoxy groups -OCH3 is 1. The van der Waals surface area contributed by atoms with Crippen molar-refractivity contribution >= 4 is 58.8 Å². The van der Waals surface area contributed by atoms with Crippen LogP contribution in [0.5, 0.6) is 0 Å². The van der Waals surface area contributed by atoms with Crippen molar-refractivity contribution in [2.24, 2.45) is 0 Å². The Hall–Kier alpha value is -2.39. The molecule has 2 N–H and O–H groups in total. The van der Waals surface area contributed by atoms with Gasteiger partial charge in [0.2, 0.25) is 3.79 Å². The summed E-state index contributed by atoms with van der Waals surface area (Å²) >= 11 is 17.2. The standard InChI is InChI=1S/C32H46Cl3NO12/c1-5-6-7-8-9-13-16-45-31(29(40)42-4)17-25(46-21(2)37)26(36-30(41)44-20-32(33,34)35)28(48-31)27(47-22(3)38)24(39)19-43-18-23-14-11-10-12-15-23/h10-12,14-15,24-28,39H,5-9,13,16-20H2,1-4H3,(H,36,41)/t24-,25+,26-,27-,28-,31-/m1/s1. The zero-order valence-corrected chi connectivity index (χ0v) is 29.9. The third kappa shape index (κ3) is 14.6. The Morgan fingerprint density at radius 2 is 1.71 bits per heavy atom. The Morgan fingerprint density at radius 1 is 1.04 bits per heavy atom. The molecule has 48 heavy (non-hydrogen) atoms. The Bertz CT molecular complexity index is 1150. The number of benzene rings is 1. The van der Waals surface area contributed by atoms with E-state index in [2.05, 4.69) is 12.2 Å². The molecule has 0 bridgehead atoms. The summed E-state index contributed by atoms with van der Waals surface area (Å²) in [5, 5.41) is 13.8. The van der Waals surface area contributed by atoms with Crippen LogP contribution in [0, 0.1) is 0 Å².